The van der Waals surface area contributed by atoms with E-state index in [1.165, 1.54) is 6.20 Å². The van der Waals surface area contributed by atoms with Crippen LogP contribution in [0.1, 0.15) is 29.4 Å². The number of nitrogens with zero attached hydrogens (tertiary/aromatic N) is 7. The fourth-order valence-corrected chi connectivity index (χ4v) is 4.87. The summed E-state index contributed by atoms with van der Waals surface area (Å²) >= 11 is 12.0. The number of piperazine rings is 1. The Hall–Kier alpha value is -3.15. The van der Waals surface area contributed by atoms with Gasteiger partial charge in [-0.3, -0.25) is 9.89 Å². The van der Waals surface area contributed by atoms with Gasteiger partial charge in [0.15, 0.2) is 5.82 Å². The van der Waals surface area contributed by atoms with Crippen LogP contribution in [0.4, 0.5) is 23.4 Å². The number of aryl methyl sites for hydroxylation is 1. The molecule has 0 aromatic carbocycles. The molecule has 2 fully saturated rings. The largest absolute Gasteiger partial charge is 0.354 e. The van der Waals surface area contributed by atoms with Gasteiger partial charge >= 0.3 is 0 Å². The number of aromatic nitrogens is 5. The van der Waals surface area contributed by atoms with Crippen LogP contribution in [0, 0.1) is 6.92 Å². The van der Waals surface area contributed by atoms with E-state index in [0.717, 1.165) is 50.7 Å². The minimum atomic E-state index is -0.130. The summed E-state index contributed by atoms with van der Waals surface area (Å²) in [6.07, 6.45) is 2.22. The Kier molecular flexibility index (Phi) is 7.63. The molecular weight excluding hydrogens is 515 g/mol. The molecule has 3 aromatic heterocycles. The van der Waals surface area contributed by atoms with Crippen molar-refractivity contribution in [1.29, 1.82) is 0 Å². The second kappa shape index (κ2) is 11.1. The van der Waals surface area contributed by atoms with Crippen molar-refractivity contribution in [2.75, 3.05) is 61.3 Å². The van der Waals surface area contributed by atoms with Crippen molar-refractivity contribution in [2.45, 2.75) is 26.3 Å². The summed E-state index contributed by atoms with van der Waals surface area (Å²) in [6.45, 7) is 10.1. The van der Waals surface area contributed by atoms with Gasteiger partial charge in [0.1, 0.15) is 16.8 Å². The van der Waals surface area contributed by atoms with E-state index in [0.29, 0.717) is 36.2 Å². The molecule has 2 saturated heterocycles. The van der Waals surface area contributed by atoms with E-state index in [4.69, 9.17) is 33.2 Å². The van der Waals surface area contributed by atoms with Crippen LogP contribution >= 0.6 is 23.2 Å². The lowest BCUT2D eigenvalue weighted by Gasteiger charge is -2.35. The van der Waals surface area contributed by atoms with Gasteiger partial charge in [0, 0.05) is 69.3 Å². The predicted molar refractivity (Wildman–Crippen MR) is 145 cm³/mol. The van der Waals surface area contributed by atoms with Gasteiger partial charge in [-0.05, 0) is 26.0 Å². The highest BCUT2D eigenvalue weighted by atomic mass is 35.5. The smallest absolute Gasteiger partial charge is 0.255 e. The number of rotatable bonds is 7. The van der Waals surface area contributed by atoms with E-state index >= 15 is 0 Å². The Morgan fingerprint density at radius 1 is 1.11 bits per heavy atom. The number of pyridine rings is 1. The SMILES string of the molecule is CCN1CCN(c2cc(Nc3cc(C)[nH]n3)nc(N[C@H]3CCN(C(=O)c4cnc(Cl)c(Cl)c4)C3)n2)CC1. The molecule has 3 N–H and O–H groups in total. The molecule has 11 nitrogen and oxygen atoms in total. The van der Waals surface area contributed by atoms with Crippen LogP contribution in [-0.2, 0) is 0 Å². The second-order valence-corrected chi connectivity index (χ2v) is 10.1. The first-order valence-electron chi connectivity index (χ1n) is 12.4. The molecule has 5 rings (SSSR count). The molecule has 0 aliphatic carbocycles. The average molecular weight is 545 g/mol. The lowest BCUT2D eigenvalue weighted by molar-refractivity contribution is 0.0791. The summed E-state index contributed by atoms with van der Waals surface area (Å²) in [5.41, 5.74) is 1.37. The van der Waals surface area contributed by atoms with Crippen LogP contribution < -0.4 is 15.5 Å². The number of likely N-dealkylation sites (tertiary alicyclic amines) is 1. The molecule has 0 saturated carbocycles. The Labute approximate surface area is 225 Å². The first-order chi connectivity index (χ1) is 17.9. The summed E-state index contributed by atoms with van der Waals surface area (Å²) in [5, 5.41) is 14.4. The van der Waals surface area contributed by atoms with Gasteiger partial charge in [-0.1, -0.05) is 30.1 Å². The molecule has 0 unspecified atom stereocenters. The number of likely N-dealkylation sites (N-methyl/N-ethyl adjacent to an activating group) is 1. The number of aromatic amines is 1. The Morgan fingerprint density at radius 2 is 1.92 bits per heavy atom. The number of hydrogen-bond donors (Lipinski definition) is 3. The molecule has 2 aliphatic heterocycles. The predicted octanol–water partition coefficient (Wildman–Crippen LogP) is 3.42. The van der Waals surface area contributed by atoms with E-state index in [9.17, 15) is 4.79 Å². The monoisotopic (exact) mass is 544 g/mol. The summed E-state index contributed by atoms with van der Waals surface area (Å²) in [6, 6.07) is 5.44. The maximum absolute atomic E-state index is 13.0. The molecule has 3 aromatic rings. The topological polar surface area (TPSA) is 118 Å². The van der Waals surface area contributed by atoms with Crippen LogP contribution in [0.3, 0.4) is 0 Å². The summed E-state index contributed by atoms with van der Waals surface area (Å²) in [7, 11) is 0. The van der Waals surface area contributed by atoms with E-state index in [2.05, 4.69) is 42.5 Å². The van der Waals surface area contributed by atoms with Gasteiger partial charge in [0.2, 0.25) is 5.95 Å². The van der Waals surface area contributed by atoms with Gasteiger partial charge in [0.05, 0.1) is 10.6 Å². The van der Waals surface area contributed by atoms with Crippen molar-refractivity contribution in [1.82, 2.24) is 34.9 Å². The highest BCUT2D eigenvalue weighted by Crippen LogP contribution is 2.25. The van der Waals surface area contributed by atoms with Crippen molar-refractivity contribution in [3.8, 4) is 0 Å². The molecular formula is C24H30Cl2N10O. The highest BCUT2D eigenvalue weighted by molar-refractivity contribution is 6.41. The van der Waals surface area contributed by atoms with Gasteiger partial charge < -0.3 is 25.3 Å². The highest BCUT2D eigenvalue weighted by Gasteiger charge is 2.28. The zero-order valence-electron chi connectivity index (χ0n) is 20.8. The number of halogens is 2. The van der Waals surface area contributed by atoms with Crippen LogP contribution in [0.25, 0.3) is 0 Å². The average Bonchev–Trinajstić information content (AvgIpc) is 3.53. The first-order valence-corrected chi connectivity index (χ1v) is 13.2. The minimum Gasteiger partial charge on any atom is -0.354 e. The zero-order valence-corrected chi connectivity index (χ0v) is 22.4. The van der Waals surface area contributed by atoms with Crippen molar-refractivity contribution in [3.63, 3.8) is 0 Å². The summed E-state index contributed by atoms with van der Waals surface area (Å²) in [5.74, 6) is 2.59. The zero-order chi connectivity index (χ0) is 25.9. The molecule has 13 heteroatoms. The number of H-pyrrole nitrogens is 1. The number of amides is 1. The lowest BCUT2D eigenvalue weighted by Crippen LogP contribution is -2.46. The molecule has 0 bridgehead atoms. The van der Waals surface area contributed by atoms with Crippen LogP contribution in [0.15, 0.2) is 24.4 Å². The molecule has 5 heterocycles. The summed E-state index contributed by atoms with van der Waals surface area (Å²) in [4.78, 5) is 33.0. The molecule has 37 heavy (non-hydrogen) atoms. The van der Waals surface area contributed by atoms with Crippen molar-refractivity contribution >= 4 is 52.5 Å². The van der Waals surface area contributed by atoms with Crippen LogP contribution in [-0.4, -0.2) is 92.7 Å². The number of carbonyl (C=O) groups excluding carboxylic acids is 1. The fraction of sp³-hybridized carbons (Fsp3) is 0.458. The van der Waals surface area contributed by atoms with Crippen LogP contribution in [0.2, 0.25) is 10.2 Å². The second-order valence-electron chi connectivity index (χ2n) is 9.30. The molecule has 1 atom stereocenters. The standard InChI is InChI=1S/C24H30Cl2N10O/c1-3-34-6-8-35(9-7-34)21-12-19(29-20-10-15(2)32-33-20)30-24(31-21)28-17-4-5-36(14-17)23(37)16-11-18(25)22(26)27-13-16/h10-13,17H,3-9,14H2,1-2H3,(H3,28,29,30,31,32,33)/t17-/m0/s1. The molecule has 0 radical (unpaired) electrons. The number of nitrogens with one attached hydrogen (secondary N) is 3. The van der Waals surface area contributed by atoms with Gasteiger partial charge in [0.25, 0.3) is 5.91 Å². The number of hydrogen-bond acceptors (Lipinski definition) is 9. The van der Waals surface area contributed by atoms with Crippen molar-refractivity contribution in [3.05, 3.63) is 45.8 Å². The van der Waals surface area contributed by atoms with Crippen molar-refractivity contribution in [2.24, 2.45) is 0 Å². The maximum Gasteiger partial charge on any atom is 0.255 e. The van der Waals surface area contributed by atoms with E-state index in [-0.39, 0.29) is 22.1 Å². The minimum absolute atomic E-state index is 0.00680. The van der Waals surface area contributed by atoms with Gasteiger partial charge in [-0.25, -0.2) is 4.98 Å². The number of anilines is 4. The first kappa shape index (κ1) is 25.5. The van der Waals surface area contributed by atoms with E-state index in [1.807, 2.05) is 19.1 Å². The Bertz CT molecular complexity index is 1260. The van der Waals surface area contributed by atoms with Crippen molar-refractivity contribution < 1.29 is 4.79 Å². The number of carbonyl (C=O) groups is 1. The molecule has 2 aliphatic rings. The van der Waals surface area contributed by atoms with Gasteiger partial charge in [-0.15, -0.1) is 0 Å². The Balaban J connectivity index is 1.31. The molecule has 1 amide bonds. The molecule has 0 spiro atoms. The van der Waals surface area contributed by atoms with Crippen LogP contribution in [0.5, 0.6) is 0 Å². The van der Waals surface area contributed by atoms with E-state index < -0.39 is 0 Å². The van der Waals surface area contributed by atoms with Gasteiger partial charge in [-0.2, -0.15) is 15.1 Å². The third-order valence-electron chi connectivity index (χ3n) is 6.67. The maximum atomic E-state index is 13.0. The van der Waals surface area contributed by atoms with E-state index in [1.54, 1.807) is 11.0 Å². The Morgan fingerprint density at radius 3 is 2.62 bits per heavy atom. The third-order valence-corrected chi connectivity index (χ3v) is 7.36. The molecule has 196 valence electrons. The summed E-state index contributed by atoms with van der Waals surface area (Å²) < 4.78 is 0. The lowest BCUT2D eigenvalue weighted by atomic mass is 10.2. The normalized spacial score (nSPS) is 18.3. The third kappa shape index (κ3) is 6.06. The quantitative estimate of drug-likeness (QED) is 0.384. The fourth-order valence-electron chi connectivity index (χ4n) is 4.60.